The molecule has 1 aliphatic heterocycles. The lowest BCUT2D eigenvalue weighted by molar-refractivity contribution is -0.147. The van der Waals surface area contributed by atoms with Gasteiger partial charge in [0.2, 0.25) is 5.82 Å². The third-order valence-electron chi connectivity index (χ3n) is 1.88. The van der Waals surface area contributed by atoms with E-state index in [0.717, 1.165) is 4.57 Å². The van der Waals surface area contributed by atoms with Crippen LogP contribution in [0.25, 0.3) is 0 Å². The molecule has 0 saturated carbocycles. The predicted octanol–water partition coefficient (Wildman–Crippen LogP) is 0.822. The first-order valence-electron chi connectivity index (χ1n) is 3.79. The highest BCUT2D eigenvalue weighted by molar-refractivity contribution is 5.85. The van der Waals surface area contributed by atoms with Crippen molar-refractivity contribution in [1.82, 2.24) is 20.1 Å². The van der Waals surface area contributed by atoms with Gasteiger partial charge in [-0.25, -0.2) is 0 Å². The van der Waals surface area contributed by atoms with E-state index < -0.39 is 12.0 Å². The van der Waals surface area contributed by atoms with Gasteiger partial charge in [-0.05, 0) is 0 Å². The Kier molecular flexibility index (Phi) is 3.01. The largest absolute Gasteiger partial charge is 0.451 e. The van der Waals surface area contributed by atoms with Crippen molar-refractivity contribution in [3.63, 3.8) is 0 Å². The second-order valence-electron chi connectivity index (χ2n) is 2.77. The van der Waals surface area contributed by atoms with Gasteiger partial charge in [-0.1, -0.05) is 0 Å². The minimum absolute atomic E-state index is 0. The zero-order chi connectivity index (χ0) is 9.47. The van der Waals surface area contributed by atoms with Crippen LogP contribution in [0, 0.1) is 0 Å². The van der Waals surface area contributed by atoms with Crippen LogP contribution in [0.15, 0.2) is 0 Å². The summed E-state index contributed by atoms with van der Waals surface area (Å²) < 4.78 is 37.8. The van der Waals surface area contributed by atoms with E-state index in [1.165, 1.54) is 0 Å². The highest BCUT2D eigenvalue weighted by Crippen LogP contribution is 2.28. The van der Waals surface area contributed by atoms with E-state index in [4.69, 9.17) is 0 Å². The van der Waals surface area contributed by atoms with Gasteiger partial charge in [0.25, 0.3) is 0 Å². The molecule has 2 heterocycles. The van der Waals surface area contributed by atoms with Crippen molar-refractivity contribution in [2.75, 3.05) is 6.54 Å². The highest BCUT2D eigenvalue weighted by Gasteiger charge is 2.38. The fourth-order valence-corrected chi connectivity index (χ4v) is 1.29. The minimum atomic E-state index is -4.41. The van der Waals surface area contributed by atoms with Crippen LogP contribution in [-0.2, 0) is 19.3 Å². The summed E-state index contributed by atoms with van der Waals surface area (Å²) in [5, 5.41) is 9.42. The maximum absolute atomic E-state index is 12.3. The molecule has 0 unspecified atom stereocenters. The number of alkyl halides is 3. The van der Waals surface area contributed by atoms with Crippen molar-refractivity contribution in [3.8, 4) is 0 Å². The highest BCUT2D eigenvalue weighted by atomic mass is 35.5. The van der Waals surface area contributed by atoms with Crippen LogP contribution in [0.2, 0.25) is 0 Å². The molecule has 1 aromatic rings. The summed E-state index contributed by atoms with van der Waals surface area (Å²) in [6, 6.07) is 0. The van der Waals surface area contributed by atoms with E-state index in [9.17, 15) is 13.2 Å². The number of rotatable bonds is 0. The zero-order valence-corrected chi connectivity index (χ0v) is 7.82. The molecule has 0 atom stereocenters. The summed E-state index contributed by atoms with van der Waals surface area (Å²) >= 11 is 0. The molecule has 2 rings (SSSR count). The molecule has 14 heavy (non-hydrogen) atoms. The fourth-order valence-electron chi connectivity index (χ4n) is 1.29. The number of aromatic nitrogens is 3. The van der Waals surface area contributed by atoms with Crippen molar-refractivity contribution in [3.05, 3.63) is 11.6 Å². The van der Waals surface area contributed by atoms with Gasteiger partial charge in [-0.15, -0.1) is 22.6 Å². The van der Waals surface area contributed by atoms with Gasteiger partial charge in [-0.2, -0.15) is 13.2 Å². The third kappa shape index (κ3) is 1.83. The van der Waals surface area contributed by atoms with E-state index in [1.807, 2.05) is 0 Å². The van der Waals surface area contributed by atoms with Gasteiger partial charge in [0.15, 0.2) is 0 Å². The van der Waals surface area contributed by atoms with Crippen LogP contribution in [0.1, 0.15) is 11.6 Å². The fraction of sp³-hybridized carbons (Fsp3) is 0.667. The van der Waals surface area contributed by atoms with Gasteiger partial charge in [-0.3, -0.25) is 9.88 Å². The average molecular weight is 229 g/mol. The second kappa shape index (κ2) is 3.74. The van der Waals surface area contributed by atoms with Crippen molar-refractivity contribution in [2.45, 2.75) is 19.3 Å². The van der Waals surface area contributed by atoms with E-state index in [-0.39, 0.29) is 19.1 Å². The SMILES string of the molecule is Cl.FC(F)(F)c1nnc2n1CNCC2. The number of hydrogen-bond acceptors (Lipinski definition) is 3. The van der Waals surface area contributed by atoms with E-state index in [1.54, 1.807) is 0 Å². The van der Waals surface area contributed by atoms with E-state index in [2.05, 4.69) is 15.5 Å². The Bertz CT molecular complexity index is 321. The molecular formula is C6H8ClF3N4. The summed E-state index contributed by atoms with van der Waals surface area (Å²) in [5.41, 5.74) is 0. The molecule has 80 valence electrons. The molecule has 0 spiro atoms. The lowest BCUT2D eigenvalue weighted by atomic mass is 10.3. The molecule has 1 aliphatic rings. The molecule has 0 fully saturated rings. The summed E-state index contributed by atoms with van der Waals surface area (Å²) in [7, 11) is 0. The number of halogens is 4. The van der Waals surface area contributed by atoms with Gasteiger partial charge < -0.3 is 0 Å². The number of nitrogens with zero attached hydrogens (tertiary/aromatic N) is 3. The summed E-state index contributed by atoms with van der Waals surface area (Å²) in [4.78, 5) is 0. The molecule has 0 radical (unpaired) electrons. The monoisotopic (exact) mass is 228 g/mol. The maximum Gasteiger partial charge on any atom is 0.451 e. The van der Waals surface area contributed by atoms with E-state index in [0.29, 0.717) is 18.8 Å². The first-order chi connectivity index (χ1) is 6.09. The van der Waals surface area contributed by atoms with Crippen LogP contribution in [0.5, 0.6) is 0 Å². The van der Waals surface area contributed by atoms with Gasteiger partial charge in [0, 0.05) is 13.0 Å². The topological polar surface area (TPSA) is 42.7 Å². The van der Waals surface area contributed by atoms with Gasteiger partial charge in [0.05, 0.1) is 6.67 Å². The number of fused-ring (bicyclic) bond motifs is 1. The van der Waals surface area contributed by atoms with Crippen LogP contribution < -0.4 is 5.32 Å². The molecule has 1 aromatic heterocycles. The van der Waals surface area contributed by atoms with Crippen molar-refractivity contribution >= 4 is 12.4 Å². The normalized spacial score (nSPS) is 15.9. The smallest absolute Gasteiger partial charge is 0.299 e. The minimum Gasteiger partial charge on any atom is -0.299 e. The Balaban J connectivity index is 0.000000980. The van der Waals surface area contributed by atoms with Crippen molar-refractivity contribution in [2.24, 2.45) is 0 Å². The summed E-state index contributed by atoms with van der Waals surface area (Å²) in [6.07, 6.45) is -3.92. The zero-order valence-electron chi connectivity index (χ0n) is 7.01. The number of nitrogens with one attached hydrogen (secondary N) is 1. The maximum atomic E-state index is 12.3. The summed E-state index contributed by atoms with van der Waals surface area (Å²) in [5.74, 6) is -0.527. The first kappa shape index (κ1) is 11.3. The standard InChI is InChI=1S/C6H7F3N4.ClH/c7-6(8,9)5-12-11-4-1-2-10-3-13(4)5;/h10H,1-3H2;1H. The molecule has 4 nitrogen and oxygen atoms in total. The third-order valence-corrected chi connectivity index (χ3v) is 1.88. The molecule has 0 amide bonds. The van der Waals surface area contributed by atoms with Crippen LogP contribution in [0.3, 0.4) is 0 Å². The molecule has 0 aliphatic carbocycles. The van der Waals surface area contributed by atoms with Crippen LogP contribution >= 0.6 is 12.4 Å². The number of hydrogen-bond donors (Lipinski definition) is 1. The molecule has 8 heteroatoms. The predicted molar refractivity (Wildman–Crippen MR) is 44.0 cm³/mol. The lowest BCUT2D eigenvalue weighted by Crippen LogP contribution is -2.31. The van der Waals surface area contributed by atoms with Crippen molar-refractivity contribution in [1.29, 1.82) is 0 Å². The Labute approximate surface area is 83.9 Å². The van der Waals surface area contributed by atoms with Gasteiger partial charge >= 0.3 is 6.18 Å². The second-order valence-corrected chi connectivity index (χ2v) is 2.77. The molecule has 1 N–H and O–H groups in total. The van der Waals surface area contributed by atoms with E-state index >= 15 is 0 Å². The molecule has 0 saturated heterocycles. The Morgan fingerprint density at radius 3 is 2.64 bits per heavy atom. The summed E-state index contributed by atoms with van der Waals surface area (Å²) in [6.45, 7) is 0.785. The first-order valence-corrected chi connectivity index (χ1v) is 3.79. The Hall–Kier alpha value is -0.820. The van der Waals surface area contributed by atoms with Crippen LogP contribution in [0.4, 0.5) is 13.2 Å². The molecular weight excluding hydrogens is 221 g/mol. The Morgan fingerprint density at radius 1 is 1.29 bits per heavy atom. The quantitative estimate of drug-likeness (QED) is 0.715. The van der Waals surface area contributed by atoms with Crippen LogP contribution in [-0.4, -0.2) is 21.3 Å². The average Bonchev–Trinajstić information content (AvgIpc) is 2.45. The molecule has 0 aromatic carbocycles. The van der Waals surface area contributed by atoms with Gasteiger partial charge in [0.1, 0.15) is 5.82 Å². The molecule has 0 bridgehead atoms. The Morgan fingerprint density at radius 2 is 2.00 bits per heavy atom. The lowest BCUT2D eigenvalue weighted by Gasteiger charge is -2.16. The van der Waals surface area contributed by atoms with Crippen molar-refractivity contribution < 1.29 is 13.2 Å².